The van der Waals surface area contributed by atoms with E-state index in [4.69, 9.17) is 0 Å². The average molecular weight is 338 g/mol. The molecule has 5 heteroatoms. The molecule has 0 amide bonds. The smallest absolute Gasteiger partial charge is 0.241 e. The normalized spacial score (nSPS) is 12.7. The van der Waals surface area contributed by atoms with Crippen LogP contribution < -0.4 is 4.72 Å². The molecule has 1 heterocycles. The molecule has 0 fully saturated rings. The molecule has 0 spiro atoms. The number of aromatic nitrogens is 1. The van der Waals surface area contributed by atoms with Crippen molar-refractivity contribution in [2.45, 2.75) is 17.9 Å². The Labute approximate surface area is 142 Å². The second-order valence-electron chi connectivity index (χ2n) is 5.49. The lowest BCUT2D eigenvalue weighted by Crippen LogP contribution is -2.27. The first kappa shape index (κ1) is 16.4. The Bertz CT molecular complexity index is 910. The second kappa shape index (κ2) is 6.95. The van der Waals surface area contributed by atoms with Gasteiger partial charge in [0.15, 0.2) is 0 Å². The quantitative estimate of drug-likeness (QED) is 0.770. The van der Waals surface area contributed by atoms with Crippen LogP contribution in [-0.4, -0.2) is 13.4 Å². The van der Waals surface area contributed by atoms with Gasteiger partial charge in [0, 0.05) is 24.0 Å². The fourth-order valence-corrected chi connectivity index (χ4v) is 4.02. The molecule has 0 radical (unpaired) electrons. The first-order chi connectivity index (χ1) is 11.6. The van der Waals surface area contributed by atoms with Crippen LogP contribution in [0, 0.1) is 0 Å². The highest BCUT2D eigenvalue weighted by Crippen LogP contribution is 2.28. The summed E-state index contributed by atoms with van der Waals surface area (Å²) in [5.41, 5.74) is 2.37. The van der Waals surface area contributed by atoms with E-state index in [1.807, 2.05) is 48.5 Å². The molecule has 0 aliphatic rings. The molecule has 0 saturated carbocycles. The predicted octanol–water partition coefficient (Wildman–Crippen LogP) is 3.79. The molecule has 0 unspecified atom stereocenters. The Balaban J connectivity index is 1.96. The van der Waals surface area contributed by atoms with E-state index in [-0.39, 0.29) is 10.9 Å². The zero-order chi connectivity index (χ0) is 17.0. The van der Waals surface area contributed by atoms with Crippen LogP contribution in [0.1, 0.15) is 18.5 Å². The standard InChI is InChI=1S/C19H18N2O2S/c1-15(17-10-7-13-20-14-17)21-24(22,23)19-12-6-5-11-18(19)16-8-3-2-4-9-16/h2-15,21H,1H3/t15-/m1/s1. The molecule has 0 bridgehead atoms. The maximum atomic E-state index is 12.9. The largest absolute Gasteiger partial charge is 0.264 e. The van der Waals surface area contributed by atoms with Crippen molar-refractivity contribution in [3.63, 3.8) is 0 Å². The monoisotopic (exact) mass is 338 g/mol. The summed E-state index contributed by atoms with van der Waals surface area (Å²) in [5.74, 6) is 0. The van der Waals surface area contributed by atoms with Gasteiger partial charge in [0.1, 0.15) is 0 Å². The third-order valence-corrected chi connectivity index (χ3v) is 5.38. The minimum atomic E-state index is -3.66. The van der Waals surface area contributed by atoms with Crippen LogP contribution in [-0.2, 0) is 10.0 Å². The molecule has 122 valence electrons. The number of hydrogen-bond donors (Lipinski definition) is 1. The van der Waals surface area contributed by atoms with Crippen molar-refractivity contribution in [1.82, 2.24) is 9.71 Å². The molecule has 24 heavy (non-hydrogen) atoms. The summed E-state index contributed by atoms with van der Waals surface area (Å²) in [6, 6.07) is 19.8. The van der Waals surface area contributed by atoms with Crippen LogP contribution in [0.15, 0.2) is 84.0 Å². The number of nitrogens with zero attached hydrogens (tertiary/aromatic N) is 1. The highest BCUT2D eigenvalue weighted by atomic mass is 32.2. The Hall–Kier alpha value is -2.50. The Morgan fingerprint density at radius 2 is 1.62 bits per heavy atom. The Kier molecular flexibility index (Phi) is 4.74. The molecule has 2 aromatic carbocycles. The summed E-state index contributed by atoms with van der Waals surface area (Å²) in [5, 5.41) is 0. The van der Waals surface area contributed by atoms with Gasteiger partial charge >= 0.3 is 0 Å². The number of pyridine rings is 1. The average Bonchev–Trinajstić information content (AvgIpc) is 2.63. The lowest BCUT2D eigenvalue weighted by molar-refractivity contribution is 0.567. The SMILES string of the molecule is C[C@@H](NS(=O)(=O)c1ccccc1-c1ccccc1)c1cccnc1. The van der Waals surface area contributed by atoms with Gasteiger partial charge in [-0.3, -0.25) is 4.98 Å². The molecule has 1 atom stereocenters. The topological polar surface area (TPSA) is 59.1 Å². The first-order valence-corrected chi connectivity index (χ1v) is 9.13. The van der Waals surface area contributed by atoms with Crippen molar-refractivity contribution < 1.29 is 8.42 Å². The van der Waals surface area contributed by atoms with Crippen LogP contribution in [0.2, 0.25) is 0 Å². The molecular weight excluding hydrogens is 320 g/mol. The number of sulfonamides is 1. The molecule has 4 nitrogen and oxygen atoms in total. The van der Waals surface area contributed by atoms with E-state index in [1.54, 1.807) is 37.5 Å². The minimum absolute atomic E-state index is 0.270. The number of benzene rings is 2. The summed E-state index contributed by atoms with van der Waals surface area (Å²) in [7, 11) is -3.66. The summed E-state index contributed by atoms with van der Waals surface area (Å²) in [6.07, 6.45) is 3.33. The third kappa shape index (κ3) is 3.53. The van der Waals surface area contributed by atoms with Gasteiger partial charge in [0.05, 0.1) is 4.90 Å². The molecule has 0 aliphatic carbocycles. The van der Waals surface area contributed by atoms with Crippen molar-refractivity contribution in [2.24, 2.45) is 0 Å². The van der Waals surface area contributed by atoms with Crippen molar-refractivity contribution >= 4 is 10.0 Å². The highest BCUT2D eigenvalue weighted by Gasteiger charge is 2.21. The van der Waals surface area contributed by atoms with E-state index >= 15 is 0 Å². The van der Waals surface area contributed by atoms with Crippen LogP contribution in [0.3, 0.4) is 0 Å². The molecule has 1 N–H and O–H groups in total. The number of hydrogen-bond acceptors (Lipinski definition) is 3. The van der Waals surface area contributed by atoms with E-state index in [0.717, 1.165) is 11.1 Å². The Morgan fingerprint density at radius 3 is 2.33 bits per heavy atom. The zero-order valence-electron chi connectivity index (χ0n) is 13.3. The fourth-order valence-electron chi connectivity index (χ4n) is 2.55. The predicted molar refractivity (Wildman–Crippen MR) is 94.9 cm³/mol. The molecule has 0 aliphatic heterocycles. The zero-order valence-corrected chi connectivity index (χ0v) is 14.1. The van der Waals surface area contributed by atoms with Gasteiger partial charge in [0.25, 0.3) is 0 Å². The van der Waals surface area contributed by atoms with Gasteiger partial charge in [-0.05, 0) is 30.2 Å². The molecule has 3 rings (SSSR count). The summed E-state index contributed by atoms with van der Waals surface area (Å²) in [6.45, 7) is 1.81. The maximum Gasteiger partial charge on any atom is 0.241 e. The van der Waals surface area contributed by atoms with Gasteiger partial charge in [-0.1, -0.05) is 54.6 Å². The minimum Gasteiger partial charge on any atom is -0.264 e. The molecule has 0 saturated heterocycles. The molecule has 1 aromatic heterocycles. The summed E-state index contributed by atoms with van der Waals surface area (Å²) < 4.78 is 28.5. The van der Waals surface area contributed by atoms with E-state index in [0.29, 0.717) is 5.56 Å². The van der Waals surface area contributed by atoms with Crippen molar-refractivity contribution in [3.8, 4) is 11.1 Å². The fraction of sp³-hybridized carbons (Fsp3) is 0.105. The maximum absolute atomic E-state index is 12.9. The third-order valence-electron chi connectivity index (χ3n) is 3.78. The van der Waals surface area contributed by atoms with Crippen LogP contribution >= 0.6 is 0 Å². The summed E-state index contributed by atoms with van der Waals surface area (Å²) in [4.78, 5) is 4.31. The highest BCUT2D eigenvalue weighted by molar-refractivity contribution is 7.89. The van der Waals surface area contributed by atoms with Gasteiger partial charge in [-0.25, -0.2) is 13.1 Å². The van der Waals surface area contributed by atoms with E-state index < -0.39 is 10.0 Å². The first-order valence-electron chi connectivity index (χ1n) is 7.64. The lowest BCUT2D eigenvalue weighted by Gasteiger charge is -2.16. The van der Waals surface area contributed by atoms with Crippen LogP contribution in [0.25, 0.3) is 11.1 Å². The van der Waals surface area contributed by atoms with E-state index in [9.17, 15) is 8.42 Å². The Morgan fingerprint density at radius 1 is 0.917 bits per heavy atom. The van der Waals surface area contributed by atoms with Crippen molar-refractivity contribution in [2.75, 3.05) is 0 Å². The van der Waals surface area contributed by atoms with Crippen molar-refractivity contribution in [1.29, 1.82) is 0 Å². The van der Waals surface area contributed by atoms with Gasteiger partial charge < -0.3 is 0 Å². The van der Waals surface area contributed by atoms with Gasteiger partial charge in [-0.15, -0.1) is 0 Å². The molecule has 3 aromatic rings. The van der Waals surface area contributed by atoms with Gasteiger partial charge in [-0.2, -0.15) is 0 Å². The lowest BCUT2D eigenvalue weighted by atomic mass is 10.1. The second-order valence-corrected chi connectivity index (χ2v) is 7.17. The number of rotatable bonds is 5. The van der Waals surface area contributed by atoms with Crippen molar-refractivity contribution in [3.05, 3.63) is 84.7 Å². The van der Waals surface area contributed by atoms with Gasteiger partial charge in [0.2, 0.25) is 10.0 Å². The van der Waals surface area contributed by atoms with Crippen LogP contribution in [0.4, 0.5) is 0 Å². The van der Waals surface area contributed by atoms with E-state index in [2.05, 4.69) is 9.71 Å². The van der Waals surface area contributed by atoms with Crippen LogP contribution in [0.5, 0.6) is 0 Å². The number of nitrogens with one attached hydrogen (secondary N) is 1. The molecular formula is C19H18N2O2S. The van der Waals surface area contributed by atoms with E-state index in [1.165, 1.54) is 0 Å². The summed E-state index contributed by atoms with van der Waals surface area (Å²) >= 11 is 0.